The molecule has 0 unspecified atom stereocenters. The first-order valence-electron chi connectivity index (χ1n) is 5.63. The van der Waals surface area contributed by atoms with Crippen molar-refractivity contribution in [2.24, 2.45) is 0 Å². The molecule has 4 heteroatoms. The normalized spacial score (nSPS) is 11.6. The fraction of sp³-hybridized carbons (Fsp3) is 0. The van der Waals surface area contributed by atoms with E-state index in [1.54, 1.807) is 0 Å². The summed E-state index contributed by atoms with van der Waals surface area (Å²) < 4.78 is 3.15. The lowest BCUT2D eigenvalue weighted by Crippen LogP contribution is -1.92. The zero-order valence-corrected chi connectivity index (χ0v) is 10.9. The molecule has 4 rings (SSSR count). The van der Waals surface area contributed by atoms with Crippen molar-refractivity contribution in [3.8, 4) is 0 Å². The van der Waals surface area contributed by atoms with Crippen LogP contribution in [0.25, 0.3) is 27.6 Å². The summed E-state index contributed by atoms with van der Waals surface area (Å²) in [5, 5.41) is 2.21. The maximum absolute atomic E-state index is 4.48. The van der Waals surface area contributed by atoms with Crippen LogP contribution in [0.5, 0.6) is 0 Å². The van der Waals surface area contributed by atoms with Crippen molar-refractivity contribution in [3.63, 3.8) is 0 Å². The zero-order chi connectivity index (χ0) is 12.1. The summed E-state index contributed by atoms with van der Waals surface area (Å²) in [6.07, 6.45) is 3.68. The molecule has 86 valence electrons. The van der Waals surface area contributed by atoms with Gasteiger partial charge >= 0.3 is 0 Å². The quantitative estimate of drug-likeness (QED) is 0.494. The molecule has 3 nitrogen and oxygen atoms in total. The van der Waals surface area contributed by atoms with E-state index in [2.05, 4.69) is 48.5 Å². The Kier molecular flexibility index (Phi) is 1.96. The molecule has 0 radical (unpaired) electrons. The summed E-state index contributed by atoms with van der Waals surface area (Å²) in [5.74, 6) is 0. The molecule has 0 atom stereocenters. The Bertz CT molecular complexity index is 895. The molecule has 0 saturated carbocycles. The number of fused-ring (bicyclic) bond motifs is 5. The van der Waals surface area contributed by atoms with Gasteiger partial charge in [0.25, 0.3) is 0 Å². The zero-order valence-electron chi connectivity index (χ0n) is 9.34. The van der Waals surface area contributed by atoms with Crippen LogP contribution in [0, 0.1) is 0 Å². The van der Waals surface area contributed by atoms with E-state index in [9.17, 15) is 0 Å². The smallest absolute Gasteiger partial charge is 0.147 e. The third kappa shape index (κ3) is 1.29. The van der Waals surface area contributed by atoms with E-state index in [4.69, 9.17) is 0 Å². The molecular weight excluding hydrogens is 290 g/mol. The highest BCUT2D eigenvalue weighted by molar-refractivity contribution is 9.10. The molecule has 18 heavy (non-hydrogen) atoms. The summed E-state index contributed by atoms with van der Waals surface area (Å²) in [6.45, 7) is 0. The third-order valence-electron chi connectivity index (χ3n) is 3.11. The average molecular weight is 298 g/mol. The number of hydrogen-bond donors (Lipinski definition) is 0. The van der Waals surface area contributed by atoms with Gasteiger partial charge in [0.2, 0.25) is 0 Å². The lowest BCUT2D eigenvalue weighted by atomic mass is 10.2. The van der Waals surface area contributed by atoms with Crippen LogP contribution in [-0.2, 0) is 0 Å². The highest BCUT2D eigenvalue weighted by Crippen LogP contribution is 2.25. The Balaban J connectivity index is 2.35. The number of benzene rings is 1. The number of aromatic nitrogens is 3. The van der Waals surface area contributed by atoms with Crippen LogP contribution in [-0.4, -0.2) is 14.4 Å². The maximum Gasteiger partial charge on any atom is 0.147 e. The van der Waals surface area contributed by atoms with Crippen molar-refractivity contribution in [3.05, 3.63) is 53.3 Å². The Morgan fingerprint density at radius 3 is 2.89 bits per heavy atom. The second kappa shape index (κ2) is 3.53. The molecule has 3 heterocycles. The van der Waals surface area contributed by atoms with Gasteiger partial charge in [0.15, 0.2) is 0 Å². The molecule has 4 aromatic rings. The SMILES string of the molecule is Brc1ccc2cc3ncc4cccnc4n3c2c1. The largest absolute Gasteiger partial charge is 0.278 e. The number of halogens is 1. The summed E-state index contributed by atoms with van der Waals surface area (Å²) in [7, 11) is 0. The van der Waals surface area contributed by atoms with Crippen molar-refractivity contribution in [1.82, 2.24) is 14.4 Å². The molecular formula is C14H8BrN3. The van der Waals surface area contributed by atoms with Gasteiger partial charge in [-0.05, 0) is 30.3 Å². The fourth-order valence-corrected chi connectivity index (χ4v) is 2.66. The van der Waals surface area contributed by atoms with E-state index < -0.39 is 0 Å². The summed E-state index contributed by atoms with van der Waals surface area (Å²) in [5.41, 5.74) is 2.99. The number of pyridine rings is 1. The van der Waals surface area contributed by atoms with Gasteiger partial charge in [-0.3, -0.25) is 4.40 Å². The van der Waals surface area contributed by atoms with E-state index in [1.165, 1.54) is 5.39 Å². The molecule has 0 aliphatic heterocycles. The van der Waals surface area contributed by atoms with Crippen LogP contribution in [0.4, 0.5) is 0 Å². The van der Waals surface area contributed by atoms with Gasteiger partial charge in [0.1, 0.15) is 11.3 Å². The summed E-state index contributed by atoms with van der Waals surface area (Å²) in [4.78, 5) is 8.95. The van der Waals surface area contributed by atoms with Crippen LogP contribution >= 0.6 is 15.9 Å². The molecule has 1 aromatic carbocycles. The van der Waals surface area contributed by atoms with E-state index in [0.717, 1.165) is 26.7 Å². The molecule has 0 bridgehead atoms. The molecule has 0 spiro atoms. The van der Waals surface area contributed by atoms with Gasteiger partial charge in [0.05, 0.1) is 5.52 Å². The average Bonchev–Trinajstić information content (AvgIpc) is 2.77. The van der Waals surface area contributed by atoms with E-state index in [-0.39, 0.29) is 0 Å². The number of hydrogen-bond acceptors (Lipinski definition) is 2. The van der Waals surface area contributed by atoms with Crippen molar-refractivity contribution in [1.29, 1.82) is 0 Å². The van der Waals surface area contributed by atoms with Gasteiger partial charge in [-0.2, -0.15) is 0 Å². The monoisotopic (exact) mass is 297 g/mol. The molecule has 0 amide bonds. The van der Waals surface area contributed by atoms with E-state index in [0.29, 0.717) is 0 Å². The van der Waals surface area contributed by atoms with Crippen LogP contribution in [0.15, 0.2) is 53.3 Å². The van der Waals surface area contributed by atoms with E-state index >= 15 is 0 Å². The second-order valence-electron chi connectivity index (χ2n) is 4.22. The Labute approximate surface area is 111 Å². The molecule has 0 aliphatic carbocycles. The first-order chi connectivity index (χ1) is 8.83. The molecule has 0 saturated heterocycles. The van der Waals surface area contributed by atoms with E-state index in [1.807, 2.05) is 30.6 Å². The van der Waals surface area contributed by atoms with Crippen molar-refractivity contribution >= 4 is 43.5 Å². The predicted molar refractivity (Wildman–Crippen MR) is 75.7 cm³/mol. The summed E-state index contributed by atoms with van der Waals surface area (Å²) >= 11 is 3.51. The number of nitrogens with zero attached hydrogens (tertiary/aromatic N) is 3. The van der Waals surface area contributed by atoms with Crippen LogP contribution in [0.3, 0.4) is 0 Å². The minimum absolute atomic E-state index is 0.925. The lowest BCUT2D eigenvalue weighted by molar-refractivity contribution is 1.18. The third-order valence-corrected chi connectivity index (χ3v) is 3.60. The van der Waals surface area contributed by atoms with Crippen LogP contribution < -0.4 is 0 Å². The van der Waals surface area contributed by atoms with Crippen molar-refractivity contribution < 1.29 is 0 Å². The van der Waals surface area contributed by atoms with Crippen LogP contribution in [0.1, 0.15) is 0 Å². The van der Waals surface area contributed by atoms with Crippen molar-refractivity contribution in [2.45, 2.75) is 0 Å². The van der Waals surface area contributed by atoms with Crippen molar-refractivity contribution in [2.75, 3.05) is 0 Å². The fourth-order valence-electron chi connectivity index (χ4n) is 2.31. The van der Waals surface area contributed by atoms with Crippen LogP contribution in [0.2, 0.25) is 0 Å². The molecule has 0 aliphatic rings. The van der Waals surface area contributed by atoms with Gasteiger partial charge in [-0.1, -0.05) is 22.0 Å². The molecule has 0 fully saturated rings. The van der Waals surface area contributed by atoms with Gasteiger partial charge < -0.3 is 0 Å². The minimum Gasteiger partial charge on any atom is -0.278 e. The lowest BCUT2D eigenvalue weighted by Gasteiger charge is -2.02. The Morgan fingerprint density at radius 2 is 1.94 bits per heavy atom. The Morgan fingerprint density at radius 1 is 1.00 bits per heavy atom. The molecule has 3 aromatic heterocycles. The van der Waals surface area contributed by atoms with Gasteiger partial charge in [-0.15, -0.1) is 0 Å². The van der Waals surface area contributed by atoms with Gasteiger partial charge in [-0.25, -0.2) is 9.97 Å². The second-order valence-corrected chi connectivity index (χ2v) is 5.13. The molecule has 0 N–H and O–H groups in total. The first kappa shape index (κ1) is 10.0. The van der Waals surface area contributed by atoms with Gasteiger partial charge in [0, 0.05) is 27.6 Å². The topological polar surface area (TPSA) is 30.2 Å². The summed E-state index contributed by atoms with van der Waals surface area (Å²) in [6, 6.07) is 12.3. The minimum atomic E-state index is 0.925. The highest BCUT2D eigenvalue weighted by Gasteiger charge is 2.07. The maximum atomic E-state index is 4.48. The predicted octanol–water partition coefficient (Wildman–Crippen LogP) is 3.80. The highest BCUT2D eigenvalue weighted by atomic mass is 79.9. The Hall–Kier alpha value is -1.94. The first-order valence-corrected chi connectivity index (χ1v) is 6.43. The standard InChI is InChI=1S/C14H8BrN3/c15-11-4-3-9-6-13-17-8-10-2-1-5-16-14(10)18(13)12(9)7-11/h1-8H. The number of rotatable bonds is 0.